The van der Waals surface area contributed by atoms with E-state index in [0.717, 1.165) is 59.7 Å². The van der Waals surface area contributed by atoms with Gasteiger partial charge in [0, 0.05) is 48.5 Å². The summed E-state index contributed by atoms with van der Waals surface area (Å²) < 4.78 is 7.34. The van der Waals surface area contributed by atoms with Crippen molar-refractivity contribution < 1.29 is 4.42 Å². The molecule has 0 radical (unpaired) electrons. The zero-order valence-corrected chi connectivity index (χ0v) is 17.0. The van der Waals surface area contributed by atoms with Crippen LogP contribution < -0.4 is 15.5 Å². The monoisotopic (exact) mass is 410 g/mol. The van der Waals surface area contributed by atoms with E-state index in [1.165, 1.54) is 5.69 Å². The first kappa shape index (κ1) is 18.0. The molecular formula is C24H22N6O. The number of aromatic nitrogens is 3. The zero-order valence-electron chi connectivity index (χ0n) is 17.0. The predicted molar refractivity (Wildman–Crippen MR) is 123 cm³/mol. The van der Waals surface area contributed by atoms with E-state index in [0.29, 0.717) is 5.95 Å². The number of anilines is 3. The molecule has 0 saturated carbocycles. The molecule has 31 heavy (non-hydrogen) atoms. The first-order valence-electron chi connectivity index (χ1n) is 10.5. The maximum Gasteiger partial charge on any atom is 0.247 e. The molecule has 0 aliphatic carbocycles. The summed E-state index contributed by atoms with van der Waals surface area (Å²) in [6.07, 6.45) is 1.71. The van der Waals surface area contributed by atoms with Crippen LogP contribution in [0.4, 0.5) is 17.3 Å². The van der Waals surface area contributed by atoms with Gasteiger partial charge in [0.15, 0.2) is 5.65 Å². The fourth-order valence-electron chi connectivity index (χ4n) is 4.11. The quantitative estimate of drug-likeness (QED) is 0.460. The zero-order chi connectivity index (χ0) is 20.6. The second kappa shape index (κ2) is 7.45. The fraction of sp³-hybridized carbons (Fsp3) is 0.167. The van der Waals surface area contributed by atoms with Crippen molar-refractivity contribution >= 4 is 33.9 Å². The molecule has 7 heteroatoms. The summed E-state index contributed by atoms with van der Waals surface area (Å²) in [6, 6.07) is 22.6. The summed E-state index contributed by atoms with van der Waals surface area (Å²) in [5, 5.41) is 12.5. The fourth-order valence-corrected chi connectivity index (χ4v) is 4.11. The third-order valence-corrected chi connectivity index (χ3v) is 5.71. The SMILES string of the molecule is c1cc(-c2ccc3occc3c2)n2nc(Nc3ccc(N4CCNCC4)cc3)nc2c1. The van der Waals surface area contributed by atoms with Crippen molar-refractivity contribution in [2.24, 2.45) is 0 Å². The van der Waals surface area contributed by atoms with Crippen LogP contribution in [-0.2, 0) is 0 Å². The van der Waals surface area contributed by atoms with E-state index in [-0.39, 0.29) is 0 Å². The molecule has 0 amide bonds. The third-order valence-electron chi connectivity index (χ3n) is 5.71. The molecule has 3 aromatic heterocycles. The Bertz CT molecular complexity index is 1350. The van der Waals surface area contributed by atoms with Crippen LogP contribution in [0, 0.1) is 0 Å². The van der Waals surface area contributed by atoms with Crippen molar-refractivity contribution in [2.75, 3.05) is 36.4 Å². The van der Waals surface area contributed by atoms with Crippen LogP contribution in [0.15, 0.2) is 77.4 Å². The summed E-state index contributed by atoms with van der Waals surface area (Å²) in [4.78, 5) is 7.06. The van der Waals surface area contributed by atoms with Crippen molar-refractivity contribution in [2.45, 2.75) is 0 Å². The molecule has 0 bridgehead atoms. The Balaban J connectivity index is 1.29. The number of nitrogens with zero attached hydrogens (tertiary/aromatic N) is 4. The minimum absolute atomic E-state index is 0.576. The van der Waals surface area contributed by atoms with Gasteiger partial charge in [0.1, 0.15) is 5.58 Å². The normalized spacial score (nSPS) is 14.4. The van der Waals surface area contributed by atoms with E-state index in [9.17, 15) is 0 Å². The van der Waals surface area contributed by atoms with Gasteiger partial charge in [-0.05, 0) is 60.7 Å². The number of fused-ring (bicyclic) bond motifs is 2. The first-order valence-corrected chi connectivity index (χ1v) is 10.5. The first-order chi connectivity index (χ1) is 15.3. The molecule has 6 rings (SSSR count). The van der Waals surface area contributed by atoms with Crippen LogP contribution in [0.25, 0.3) is 27.9 Å². The van der Waals surface area contributed by atoms with E-state index < -0.39 is 0 Å². The van der Waals surface area contributed by atoms with Crippen molar-refractivity contribution in [3.63, 3.8) is 0 Å². The summed E-state index contributed by atoms with van der Waals surface area (Å²) in [5.41, 5.74) is 5.93. The average Bonchev–Trinajstić information content (AvgIpc) is 3.46. The molecule has 1 aliphatic rings. The van der Waals surface area contributed by atoms with Gasteiger partial charge in [-0.3, -0.25) is 0 Å². The number of hydrogen-bond donors (Lipinski definition) is 2. The van der Waals surface area contributed by atoms with Crippen molar-refractivity contribution in [1.82, 2.24) is 19.9 Å². The van der Waals surface area contributed by atoms with E-state index in [1.54, 1.807) is 6.26 Å². The molecule has 154 valence electrons. The van der Waals surface area contributed by atoms with Gasteiger partial charge in [-0.2, -0.15) is 4.98 Å². The maximum atomic E-state index is 5.46. The summed E-state index contributed by atoms with van der Waals surface area (Å²) >= 11 is 0. The Hall–Kier alpha value is -3.84. The summed E-state index contributed by atoms with van der Waals surface area (Å²) in [5.74, 6) is 0.576. The standard InChI is InChI=1S/C24H22N6O/c1-2-21(17-4-9-22-18(16-17)10-15-31-22)30-23(3-1)27-24(28-30)26-19-5-7-20(8-6-19)29-13-11-25-12-14-29/h1-10,15-16,25H,11-14H2,(H,26,28). The number of pyridine rings is 1. The average molecular weight is 410 g/mol. The Labute approximate surface area is 179 Å². The number of nitrogens with one attached hydrogen (secondary N) is 2. The highest BCUT2D eigenvalue weighted by atomic mass is 16.3. The minimum atomic E-state index is 0.576. The van der Waals surface area contributed by atoms with Gasteiger partial charge in [0.25, 0.3) is 0 Å². The lowest BCUT2D eigenvalue weighted by Gasteiger charge is -2.29. The molecule has 4 heterocycles. The molecule has 0 unspecified atom stereocenters. The Morgan fingerprint density at radius 1 is 0.935 bits per heavy atom. The topological polar surface area (TPSA) is 70.6 Å². The number of furan rings is 1. The van der Waals surface area contributed by atoms with E-state index >= 15 is 0 Å². The molecule has 1 aliphatic heterocycles. The Morgan fingerprint density at radius 2 is 1.81 bits per heavy atom. The van der Waals surface area contributed by atoms with Gasteiger partial charge < -0.3 is 20.0 Å². The van der Waals surface area contributed by atoms with Crippen LogP contribution in [0.1, 0.15) is 0 Å². The summed E-state index contributed by atoms with van der Waals surface area (Å²) in [6.45, 7) is 4.13. The lowest BCUT2D eigenvalue weighted by atomic mass is 10.1. The van der Waals surface area contributed by atoms with Crippen molar-refractivity contribution in [3.8, 4) is 11.3 Å². The third kappa shape index (κ3) is 3.39. The molecule has 2 N–H and O–H groups in total. The van der Waals surface area contributed by atoms with Crippen LogP contribution in [0.5, 0.6) is 0 Å². The number of piperazine rings is 1. The molecule has 0 spiro atoms. The molecule has 0 atom stereocenters. The second-order valence-corrected chi connectivity index (χ2v) is 7.70. The maximum absolute atomic E-state index is 5.46. The molecule has 1 saturated heterocycles. The Morgan fingerprint density at radius 3 is 2.68 bits per heavy atom. The number of hydrogen-bond acceptors (Lipinski definition) is 6. The van der Waals surface area contributed by atoms with Gasteiger partial charge in [0.05, 0.1) is 12.0 Å². The van der Waals surface area contributed by atoms with Gasteiger partial charge in [-0.25, -0.2) is 4.52 Å². The predicted octanol–water partition coefficient (Wildman–Crippen LogP) is 4.30. The van der Waals surface area contributed by atoms with Crippen LogP contribution in [0.3, 0.4) is 0 Å². The van der Waals surface area contributed by atoms with E-state index in [4.69, 9.17) is 9.52 Å². The minimum Gasteiger partial charge on any atom is -0.464 e. The number of benzene rings is 2. The van der Waals surface area contributed by atoms with Crippen LogP contribution >= 0.6 is 0 Å². The van der Waals surface area contributed by atoms with E-state index in [2.05, 4.69) is 56.9 Å². The highest BCUT2D eigenvalue weighted by Gasteiger charge is 2.12. The molecule has 2 aromatic carbocycles. The van der Waals surface area contributed by atoms with Gasteiger partial charge in [-0.1, -0.05) is 6.07 Å². The van der Waals surface area contributed by atoms with Crippen LogP contribution in [-0.4, -0.2) is 40.8 Å². The van der Waals surface area contributed by atoms with Crippen LogP contribution in [0.2, 0.25) is 0 Å². The van der Waals surface area contributed by atoms with Crippen molar-refractivity contribution in [3.05, 3.63) is 73.0 Å². The largest absolute Gasteiger partial charge is 0.464 e. The molecule has 1 fully saturated rings. The Kier molecular flexibility index (Phi) is 4.32. The molecule has 5 aromatic rings. The second-order valence-electron chi connectivity index (χ2n) is 7.70. The smallest absolute Gasteiger partial charge is 0.247 e. The highest BCUT2D eigenvalue weighted by molar-refractivity contribution is 5.83. The van der Waals surface area contributed by atoms with Gasteiger partial charge in [0.2, 0.25) is 5.95 Å². The van der Waals surface area contributed by atoms with Gasteiger partial charge in [-0.15, -0.1) is 5.10 Å². The molecule has 7 nitrogen and oxygen atoms in total. The lowest BCUT2D eigenvalue weighted by molar-refractivity contribution is 0.589. The lowest BCUT2D eigenvalue weighted by Crippen LogP contribution is -2.43. The van der Waals surface area contributed by atoms with E-state index in [1.807, 2.05) is 34.8 Å². The van der Waals surface area contributed by atoms with Crippen molar-refractivity contribution in [1.29, 1.82) is 0 Å². The van der Waals surface area contributed by atoms with Gasteiger partial charge >= 0.3 is 0 Å². The highest BCUT2D eigenvalue weighted by Crippen LogP contribution is 2.26. The molecular weight excluding hydrogens is 388 g/mol. The number of rotatable bonds is 4. The summed E-state index contributed by atoms with van der Waals surface area (Å²) in [7, 11) is 0.